The number of anilines is 1. The van der Waals surface area contributed by atoms with Gasteiger partial charge in [0, 0.05) is 35.0 Å². The number of rotatable bonds is 5. The van der Waals surface area contributed by atoms with Gasteiger partial charge in [0.25, 0.3) is 0 Å². The van der Waals surface area contributed by atoms with Gasteiger partial charge < -0.3 is 10.4 Å². The van der Waals surface area contributed by atoms with Crippen LogP contribution in [0.5, 0.6) is 0 Å². The standard InChI is InChI=1S/C14H13BrN2O2/c15-12-9-10(14(18)19)4-5-13(12)17-8-6-11-3-1-2-7-16-11/h1-5,7,9,17H,6,8H2,(H,18,19). The number of aromatic carboxylic acids is 1. The average Bonchev–Trinajstić information content (AvgIpc) is 2.41. The highest BCUT2D eigenvalue weighted by atomic mass is 79.9. The van der Waals surface area contributed by atoms with Crippen LogP contribution in [0.2, 0.25) is 0 Å². The fraction of sp³-hybridized carbons (Fsp3) is 0.143. The number of aromatic nitrogens is 1. The van der Waals surface area contributed by atoms with Crippen LogP contribution in [0.15, 0.2) is 47.1 Å². The van der Waals surface area contributed by atoms with Gasteiger partial charge in [0.15, 0.2) is 0 Å². The van der Waals surface area contributed by atoms with Gasteiger partial charge in [0.2, 0.25) is 0 Å². The Labute approximate surface area is 119 Å². The summed E-state index contributed by atoms with van der Waals surface area (Å²) < 4.78 is 0.744. The quantitative estimate of drug-likeness (QED) is 0.888. The molecule has 2 N–H and O–H groups in total. The van der Waals surface area contributed by atoms with Gasteiger partial charge >= 0.3 is 5.97 Å². The van der Waals surface area contributed by atoms with Gasteiger partial charge in [-0.3, -0.25) is 4.98 Å². The maximum atomic E-state index is 10.8. The summed E-state index contributed by atoms with van der Waals surface area (Å²) in [6.07, 6.45) is 2.58. The van der Waals surface area contributed by atoms with Crippen molar-refractivity contribution in [3.8, 4) is 0 Å². The van der Waals surface area contributed by atoms with Gasteiger partial charge in [-0.15, -0.1) is 0 Å². The molecule has 2 rings (SSSR count). The van der Waals surface area contributed by atoms with Crippen LogP contribution in [0.4, 0.5) is 5.69 Å². The third-order valence-electron chi connectivity index (χ3n) is 2.64. The highest BCUT2D eigenvalue weighted by molar-refractivity contribution is 9.10. The van der Waals surface area contributed by atoms with Crippen molar-refractivity contribution in [3.05, 3.63) is 58.3 Å². The van der Waals surface area contributed by atoms with Crippen LogP contribution in [0.25, 0.3) is 0 Å². The van der Waals surface area contributed by atoms with Crippen LogP contribution in [0, 0.1) is 0 Å². The number of hydrogen-bond acceptors (Lipinski definition) is 3. The summed E-state index contributed by atoms with van der Waals surface area (Å²) in [5.41, 5.74) is 2.16. The smallest absolute Gasteiger partial charge is 0.335 e. The number of nitrogens with one attached hydrogen (secondary N) is 1. The number of nitrogens with zero attached hydrogens (tertiary/aromatic N) is 1. The fourth-order valence-electron chi connectivity index (χ4n) is 1.66. The van der Waals surface area contributed by atoms with Crippen molar-refractivity contribution in [1.29, 1.82) is 0 Å². The van der Waals surface area contributed by atoms with Gasteiger partial charge in [-0.25, -0.2) is 4.79 Å². The van der Waals surface area contributed by atoms with Gasteiger partial charge in [-0.1, -0.05) is 6.07 Å². The molecule has 0 aliphatic heterocycles. The number of carbonyl (C=O) groups is 1. The fourth-order valence-corrected chi connectivity index (χ4v) is 2.18. The lowest BCUT2D eigenvalue weighted by Gasteiger charge is -2.09. The second kappa shape index (κ2) is 6.33. The molecule has 0 bridgehead atoms. The molecule has 0 aliphatic rings. The van der Waals surface area contributed by atoms with Crippen molar-refractivity contribution < 1.29 is 9.90 Å². The van der Waals surface area contributed by atoms with E-state index in [-0.39, 0.29) is 5.56 Å². The maximum absolute atomic E-state index is 10.8. The molecule has 5 heteroatoms. The Hall–Kier alpha value is -1.88. The number of carboxylic acids is 1. The first-order valence-corrected chi connectivity index (χ1v) is 6.63. The molecule has 0 saturated heterocycles. The van der Waals surface area contributed by atoms with E-state index in [4.69, 9.17) is 5.11 Å². The summed E-state index contributed by atoms with van der Waals surface area (Å²) in [5.74, 6) is -0.930. The minimum absolute atomic E-state index is 0.266. The molecule has 0 atom stereocenters. The van der Waals surface area contributed by atoms with E-state index in [9.17, 15) is 4.79 Å². The SMILES string of the molecule is O=C(O)c1ccc(NCCc2ccccn2)c(Br)c1. The van der Waals surface area contributed by atoms with Gasteiger partial charge in [-0.05, 0) is 46.3 Å². The Kier molecular flexibility index (Phi) is 4.52. The molecule has 4 nitrogen and oxygen atoms in total. The molecule has 1 aromatic heterocycles. The first-order chi connectivity index (χ1) is 9.16. The van der Waals surface area contributed by atoms with Crippen molar-refractivity contribution in [2.75, 3.05) is 11.9 Å². The molecule has 2 aromatic rings. The second-order valence-corrected chi connectivity index (χ2v) is 4.85. The molecule has 0 aliphatic carbocycles. The molecule has 19 heavy (non-hydrogen) atoms. The van der Waals surface area contributed by atoms with Crippen molar-refractivity contribution in [3.63, 3.8) is 0 Å². The Bertz CT molecular complexity index is 573. The Balaban J connectivity index is 1.95. The lowest BCUT2D eigenvalue weighted by molar-refractivity contribution is 0.0697. The van der Waals surface area contributed by atoms with E-state index in [1.165, 1.54) is 0 Å². The summed E-state index contributed by atoms with van der Waals surface area (Å²) in [6.45, 7) is 0.738. The van der Waals surface area contributed by atoms with Gasteiger partial charge in [0.05, 0.1) is 5.56 Å². The minimum atomic E-state index is -0.930. The van der Waals surface area contributed by atoms with Crippen LogP contribution in [0.3, 0.4) is 0 Å². The number of pyridine rings is 1. The predicted molar refractivity (Wildman–Crippen MR) is 77.5 cm³/mol. The van der Waals surface area contributed by atoms with E-state index in [0.717, 1.165) is 28.8 Å². The molecule has 0 unspecified atom stereocenters. The van der Waals surface area contributed by atoms with E-state index >= 15 is 0 Å². The summed E-state index contributed by atoms with van der Waals surface area (Å²) in [6, 6.07) is 10.7. The zero-order valence-electron chi connectivity index (χ0n) is 10.1. The van der Waals surface area contributed by atoms with Crippen molar-refractivity contribution in [2.45, 2.75) is 6.42 Å². The second-order valence-electron chi connectivity index (χ2n) is 4.00. The first kappa shape index (κ1) is 13.5. The van der Waals surface area contributed by atoms with Crippen LogP contribution >= 0.6 is 15.9 Å². The topological polar surface area (TPSA) is 62.2 Å². The predicted octanol–water partition coefficient (Wildman–Crippen LogP) is 3.20. The van der Waals surface area contributed by atoms with Gasteiger partial charge in [-0.2, -0.15) is 0 Å². The third kappa shape index (κ3) is 3.79. The highest BCUT2D eigenvalue weighted by Crippen LogP contribution is 2.23. The lowest BCUT2D eigenvalue weighted by Crippen LogP contribution is -2.07. The molecule has 0 fully saturated rings. The van der Waals surface area contributed by atoms with Crippen LogP contribution in [-0.4, -0.2) is 22.6 Å². The van der Waals surface area contributed by atoms with Crippen LogP contribution in [-0.2, 0) is 6.42 Å². The number of hydrogen-bond donors (Lipinski definition) is 2. The summed E-state index contributed by atoms with van der Waals surface area (Å²) in [5, 5.41) is 12.1. The first-order valence-electron chi connectivity index (χ1n) is 5.83. The van der Waals surface area contributed by atoms with Crippen molar-refractivity contribution in [1.82, 2.24) is 4.98 Å². The van der Waals surface area contributed by atoms with Crippen LogP contribution in [0.1, 0.15) is 16.1 Å². The van der Waals surface area contributed by atoms with Crippen molar-refractivity contribution >= 4 is 27.6 Å². The van der Waals surface area contributed by atoms with Crippen molar-refractivity contribution in [2.24, 2.45) is 0 Å². The Morgan fingerprint density at radius 3 is 2.79 bits per heavy atom. The van der Waals surface area contributed by atoms with E-state index < -0.39 is 5.97 Å². The highest BCUT2D eigenvalue weighted by Gasteiger charge is 2.06. The van der Waals surface area contributed by atoms with E-state index in [2.05, 4.69) is 26.2 Å². The normalized spacial score (nSPS) is 10.2. The number of benzene rings is 1. The van der Waals surface area contributed by atoms with E-state index in [1.54, 1.807) is 24.4 Å². The average molecular weight is 321 g/mol. The molecule has 98 valence electrons. The number of carboxylic acid groups (broad SMARTS) is 1. The zero-order chi connectivity index (χ0) is 13.7. The third-order valence-corrected chi connectivity index (χ3v) is 3.29. The molecule has 0 amide bonds. The Morgan fingerprint density at radius 1 is 1.32 bits per heavy atom. The molecule has 1 aromatic carbocycles. The molecule has 0 radical (unpaired) electrons. The molecular weight excluding hydrogens is 308 g/mol. The van der Waals surface area contributed by atoms with Crippen LogP contribution < -0.4 is 5.32 Å². The summed E-state index contributed by atoms with van der Waals surface area (Å²) in [4.78, 5) is 15.1. The summed E-state index contributed by atoms with van der Waals surface area (Å²) >= 11 is 3.36. The summed E-state index contributed by atoms with van der Waals surface area (Å²) in [7, 11) is 0. The minimum Gasteiger partial charge on any atom is -0.478 e. The molecule has 1 heterocycles. The Morgan fingerprint density at radius 2 is 2.16 bits per heavy atom. The van der Waals surface area contributed by atoms with E-state index in [0.29, 0.717) is 0 Å². The largest absolute Gasteiger partial charge is 0.478 e. The maximum Gasteiger partial charge on any atom is 0.335 e. The zero-order valence-corrected chi connectivity index (χ0v) is 11.7. The van der Waals surface area contributed by atoms with Gasteiger partial charge in [0.1, 0.15) is 0 Å². The lowest BCUT2D eigenvalue weighted by atomic mass is 10.2. The molecule has 0 spiro atoms. The number of halogens is 1. The monoisotopic (exact) mass is 320 g/mol. The molecular formula is C14H13BrN2O2. The van der Waals surface area contributed by atoms with E-state index in [1.807, 2.05) is 18.2 Å². The molecule has 0 saturated carbocycles.